The van der Waals surface area contributed by atoms with Crippen molar-refractivity contribution in [1.29, 1.82) is 0 Å². The van der Waals surface area contributed by atoms with Crippen molar-refractivity contribution in [2.75, 3.05) is 17.7 Å². The molecule has 3 aromatic heterocycles. The van der Waals surface area contributed by atoms with Gasteiger partial charge in [0, 0.05) is 36.6 Å². The predicted molar refractivity (Wildman–Crippen MR) is 83.2 cm³/mol. The number of aromatic nitrogens is 4. The highest BCUT2D eigenvalue weighted by Gasteiger charge is 2.25. The Hall–Kier alpha value is -2.50. The number of aromatic amines is 1. The highest BCUT2D eigenvalue weighted by molar-refractivity contribution is 5.96. The number of fused-ring (bicyclic) bond motifs is 2. The Morgan fingerprint density at radius 3 is 3.24 bits per heavy atom. The van der Waals surface area contributed by atoms with E-state index in [0.717, 1.165) is 41.8 Å². The minimum atomic E-state index is 0.389. The number of aryl methyl sites for hydroxylation is 1. The number of nitrogens with zero attached hydrogens (tertiary/aromatic N) is 4. The molecular weight excluding hydrogens is 264 g/mol. The topological polar surface area (TPSA) is 75.8 Å². The summed E-state index contributed by atoms with van der Waals surface area (Å²) < 4.78 is 2.09. The fourth-order valence-electron chi connectivity index (χ4n) is 3.24. The predicted octanol–water partition coefficient (Wildman–Crippen LogP) is 1.79. The van der Waals surface area contributed by atoms with Crippen molar-refractivity contribution in [1.82, 2.24) is 19.7 Å². The molecule has 6 heteroatoms. The molecule has 0 spiro atoms. The minimum Gasteiger partial charge on any atom is -0.396 e. The Bertz CT molecular complexity index is 786. The first-order valence-corrected chi connectivity index (χ1v) is 7.19. The molecule has 21 heavy (non-hydrogen) atoms. The molecule has 4 rings (SSSR count). The maximum atomic E-state index is 6.19. The first-order valence-electron chi connectivity index (χ1n) is 7.19. The molecule has 0 aromatic carbocycles. The third kappa shape index (κ3) is 1.86. The first kappa shape index (κ1) is 12.3. The second-order valence-corrected chi connectivity index (χ2v) is 5.61. The Morgan fingerprint density at radius 1 is 1.43 bits per heavy atom. The standard InChI is InChI=1S/C15H18N6/c1-20(11-3-2-10-4-7-19-21(10)9-11)14-12-5-6-17-15(12)18-8-13(14)16/h4-8,11H,2-3,9,16H2,1H3,(H,17,18)/t11-/m1/s1. The zero-order valence-electron chi connectivity index (χ0n) is 12.0. The summed E-state index contributed by atoms with van der Waals surface area (Å²) in [5, 5.41) is 5.47. The lowest BCUT2D eigenvalue weighted by molar-refractivity contribution is 0.414. The molecule has 0 unspecified atom stereocenters. The van der Waals surface area contributed by atoms with Crippen LogP contribution in [0.1, 0.15) is 12.1 Å². The molecule has 0 aliphatic carbocycles. The molecule has 108 valence electrons. The number of likely N-dealkylation sites (N-methyl/N-ethyl adjacent to an activating group) is 1. The zero-order chi connectivity index (χ0) is 14.4. The number of nitrogens with two attached hydrogens (primary N) is 1. The third-order valence-electron chi connectivity index (χ3n) is 4.41. The molecule has 4 heterocycles. The molecule has 0 saturated heterocycles. The van der Waals surface area contributed by atoms with E-state index in [4.69, 9.17) is 5.73 Å². The zero-order valence-corrected chi connectivity index (χ0v) is 12.0. The van der Waals surface area contributed by atoms with Gasteiger partial charge in [-0.3, -0.25) is 4.68 Å². The Labute approximate surface area is 122 Å². The molecule has 0 bridgehead atoms. The van der Waals surface area contributed by atoms with E-state index >= 15 is 0 Å². The van der Waals surface area contributed by atoms with Gasteiger partial charge in [0.25, 0.3) is 0 Å². The van der Waals surface area contributed by atoms with Gasteiger partial charge in [0.2, 0.25) is 0 Å². The van der Waals surface area contributed by atoms with E-state index in [2.05, 4.69) is 37.8 Å². The average molecular weight is 282 g/mol. The van der Waals surface area contributed by atoms with Crippen LogP contribution in [-0.4, -0.2) is 32.8 Å². The van der Waals surface area contributed by atoms with Gasteiger partial charge < -0.3 is 15.6 Å². The summed E-state index contributed by atoms with van der Waals surface area (Å²) >= 11 is 0. The van der Waals surface area contributed by atoms with E-state index in [9.17, 15) is 0 Å². The molecule has 3 N–H and O–H groups in total. The van der Waals surface area contributed by atoms with Crippen LogP contribution < -0.4 is 10.6 Å². The summed E-state index contributed by atoms with van der Waals surface area (Å²) in [4.78, 5) is 9.75. The molecule has 0 fully saturated rings. The number of nitrogen functional groups attached to an aromatic ring is 1. The van der Waals surface area contributed by atoms with E-state index in [1.54, 1.807) is 6.20 Å². The van der Waals surface area contributed by atoms with Gasteiger partial charge >= 0.3 is 0 Å². The quantitative estimate of drug-likeness (QED) is 0.751. The van der Waals surface area contributed by atoms with Crippen molar-refractivity contribution in [3.63, 3.8) is 0 Å². The Balaban J connectivity index is 1.72. The Kier molecular flexibility index (Phi) is 2.63. The van der Waals surface area contributed by atoms with Crippen LogP contribution in [0.25, 0.3) is 11.0 Å². The monoisotopic (exact) mass is 282 g/mol. The number of H-pyrrole nitrogens is 1. The average Bonchev–Trinajstić information content (AvgIpc) is 3.14. The number of hydrogen-bond acceptors (Lipinski definition) is 4. The third-order valence-corrected chi connectivity index (χ3v) is 4.41. The van der Waals surface area contributed by atoms with Crippen LogP contribution in [0.4, 0.5) is 11.4 Å². The molecule has 0 radical (unpaired) electrons. The van der Waals surface area contributed by atoms with Crippen molar-refractivity contribution < 1.29 is 0 Å². The van der Waals surface area contributed by atoms with Gasteiger partial charge in [0.1, 0.15) is 5.65 Å². The van der Waals surface area contributed by atoms with Gasteiger partial charge in [-0.05, 0) is 25.0 Å². The smallest absolute Gasteiger partial charge is 0.139 e. The number of pyridine rings is 1. The largest absolute Gasteiger partial charge is 0.396 e. The SMILES string of the molecule is CN(c1c(N)cnc2[nH]ccc12)[C@@H]1CCc2ccnn2C1. The summed E-state index contributed by atoms with van der Waals surface area (Å²) in [7, 11) is 2.11. The van der Waals surface area contributed by atoms with Crippen molar-refractivity contribution in [3.05, 3.63) is 36.4 Å². The molecule has 6 nitrogen and oxygen atoms in total. The van der Waals surface area contributed by atoms with E-state index in [-0.39, 0.29) is 0 Å². The van der Waals surface area contributed by atoms with Gasteiger partial charge in [-0.25, -0.2) is 4.98 Å². The van der Waals surface area contributed by atoms with Crippen LogP contribution in [0.15, 0.2) is 30.7 Å². The van der Waals surface area contributed by atoms with Crippen LogP contribution in [0.2, 0.25) is 0 Å². The van der Waals surface area contributed by atoms with Crippen LogP contribution >= 0.6 is 0 Å². The number of hydrogen-bond donors (Lipinski definition) is 2. The molecule has 3 aromatic rings. The van der Waals surface area contributed by atoms with Crippen molar-refractivity contribution >= 4 is 22.4 Å². The summed E-state index contributed by atoms with van der Waals surface area (Å²) in [6.45, 7) is 0.895. The molecule has 0 saturated carbocycles. The van der Waals surface area contributed by atoms with Gasteiger partial charge in [-0.15, -0.1) is 0 Å². The lowest BCUT2D eigenvalue weighted by Crippen LogP contribution is -2.39. The second-order valence-electron chi connectivity index (χ2n) is 5.61. The van der Waals surface area contributed by atoms with E-state index < -0.39 is 0 Å². The van der Waals surface area contributed by atoms with Gasteiger partial charge in [0.15, 0.2) is 0 Å². The lowest BCUT2D eigenvalue weighted by atomic mass is 10.0. The van der Waals surface area contributed by atoms with Crippen molar-refractivity contribution in [2.24, 2.45) is 0 Å². The summed E-state index contributed by atoms with van der Waals surface area (Å²) in [6, 6.07) is 4.52. The number of anilines is 2. The van der Waals surface area contributed by atoms with Crippen molar-refractivity contribution in [2.45, 2.75) is 25.4 Å². The summed E-state index contributed by atoms with van der Waals surface area (Å²) in [5.41, 5.74) is 10.2. The van der Waals surface area contributed by atoms with E-state index in [0.29, 0.717) is 6.04 Å². The lowest BCUT2D eigenvalue weighted by Gasteiger charge is -2.34. The van der Waals surface area contributed by atoms with Crippen LogP contribution in [0.3, 0.4) is 0 Å². The first-order chi connectivity index (χ1) is 10.2. The van der Waals surface area contributed by atoms with Gasteiger partial charge in [-0.2, -0.15) is 5.10 Å². The van der Waals surface area contributed by atoms with Crippen LogP contribution in [0, 0.1) is 0 Å². The highest BCUT2D eigenvalue weighted by atomic mass is 15.3. The van der Waals surface area contributed by atoms with Gasteiger partial charge in [-0.1, -0.05) is 0 Å². The van der Waals surface area contributed by atoms with Gasteiger partial charge in [0.05, 0.1) is 24.1 Å². The van der Waals surface area contributed by atoms with Crippen LogP contribution in [-0.2, 0) is 13.0 Å². The number of nitrogens with one attached hydrogen (secondary N) is 1. The number of rotatable bonds is 2. The molecule has 1 aliphatic rings. The molecule has 0 amide bonds. The summed E-state index contributed by atoms with van der Waals surface area (Å²) in [6.07, 6.45) is 7.67. The maximum Gasteiger partial charge on any atom is 0.139 e. The van der Waals surface area contributed by atoms with Crippen molar-refractivity contribution in [3.8, 4) is 0 Å². The minimum absolute atomic E-state index is 0.389. The Morgan fingerprint density at radius 2 is 2.33 bits per heavy atom. The van der Waals surface area contributed by atoms with E-state index in [1.165, 1.54) is 5.69 Å². The molecule has 1 aliphatic heterocycles. The molecular formula is C15H18N6. The fraction of sp³-hybridized carbons (Fsp3) is 0.333. The fourth-order valence-corrected chi connectivity index (χ4v) is 3.24. The maximum absolute atomic E-state index is 6.19. The van der Waals surface area contributed by atoms with Crippen LogP contribution in [0.5, 0.6) is 0 Å². The highest BCUT2D eigenvalue weighted by Crippen LogP contribution is 2.33. The normalized spacial score (nSPS) is 17.9. The molecule has 1 atom stereocenters. The second kappa shape index (κ2) is 4.51. The van der Waals surface area contributed by atoms with E-state index in [1.807, 2.05) is 18.5 Å². The summed E-state index contributed by atoms with van der Waals surface area (Å²) in [5.74, 6) is 0.